The monoisotopic (exact) mass is 321 g/mol. The van der Waals surface area contributed by atoms with E-state index < -0.39 is 10.0 Å². The Balaban J connectivity index is 2.10. The number of nitrogens with one attached hydrogen (secondary N) is 1. The first-order chi connectivity index (χ1) is 10.4. The van der Waals surface area contributed by atoms with Crippen LogP contribution in [0.3, 0.4) is 0 Å². The van der Waals surface area contributed by atoms with Gasteiger partial charge in [0.1, 0.15) is 11.6 Å². The number of sulfonamides is 1. The van der Waals surface area contributed by atoms with Crippen molar-refractivity contribution in [3.63, 3.8) is 0 Å². The largest absolute Gasteiger partial charge is 0.496 e. The number of rotatable bonds is 6. The third kappa shape index (κ3) is 3.80. The molecule has 1 heterocycles. The summed E-state index contributed by atoms with van der Waals surface area (Å²) in [4.78, 5) is 8.35. The molecule has 0 aliphatic carbocycles. The number of methoxy groups -OCH3 is 1. The van der Waals surface area contributed by atoms with Crippen LogP contribution >= 0.6 is 0 Å². The van der Waals surface area contributed by atoms with Gasteiger partial charge in [-0.25, -0.2) is 23.1 Å². The molecule has 0 amide bonds. The van der Waals surface area contributed by atoms with E-state index in [1.807, 2.05) is 13.8 Å². The van der Waals surface area contributed by atoms with E-state index in [1.165, 1.54) is 0 Å². The Morgan fingerprint density at radius 2 is 1.73 bits per heavy atom. The van der Waals surface area contributed by atoms with Crippen molar-refractivity contribution in [2.45, 2.75) is 25.2 Å². The fourth-order valence-corrected chi connectivity index (χ4v) is 3.43. The van der Waals surface area contributed by atoms with E-state index in [1.54, 1.807) is 37.7 Å². The standard InChI is InChI=1S/C15H19N3O3S/c1-11-9-13(10-12(2)15(11)21-3)22(19,20)18-8-5-14-16-6-4-7-17-14/h4,6-7,9-10,18H,5,8H2,1-3H3. The predicted octanol–water partition coefficient (Wildman–Crippen LogP) is 1.62. The summed E-state index contributed by atoms with van der Waals surface area (Å²) in [5, 5.41) is 0. The molecular formula is C15H19N3O3S. The molecule has 0 atom stereocenters. The molecule has 0 bridgehead atoms. The molecule has 2 aromatic rings. The molecule has 6 nitrogen and oxygen atoms in total. The van der Waals surface area contributed by atoms with E-state index >= 15 is 0 Å². The molecule has 0 radical (unpaired) electrons. The van der Waals surface area contributed by atoms with Crippen LogP contribution in [0.1, 0.15) is 17.0 Å². The summed E-state index contributed by atoms with van der Waals surface area (Å²) in [6.45, 7) is 3.89. The van der Waals surface area contributed by atoms with Gasteiger partial charge in [-0.15, -0.1) is 0 Å². The average Bonchev–Trinajstić information content (AvgIpc) is 2.48. The second-order valence-corrected chi connectivity index (χ2v) is 6.67. The molecular weight excluding hydrogens is 302 g/mol. The van der Waals surface area contributed by atoms with Gasteiger partial charge in [-0.05, 0) is 43.2 Å². The highest BCUT2D eigenvalue weighted by Gasteiger charge is 2.17. The molecule has 0 aliphatic rings. The minimum Gasteiger partial charge on any atom is -0.496 e. The number of nitrogens with zero attached hydrogens (tertiary/aromatic N) is 2. The van der Waals surface area contributed by atoms with Gasteiger partial charge in [0.05, 0.1) is 12.0 Å². The molecule has 22 heavy (non-hydrogen) atoms. The van der Waals surface area contributed by atoms with Crippen LogP contribution in [0.4, 0.5) is 0 Å². The Labute approximate surface area is 130 Å². The van der Waals surface area contributed by atoms with Crippen LogP contribution in [0.25, 0.3) is 0 Å². The van der Waals surface area contributed by atoms with Gasteiger partial charge in [0.15, 0.2) is 0 Å². The van der Waals surface area contributed by atoms with Gasteiger partial charge in [-0.1, -0.05) is 0 Å². The van der Waals surface area contributed by atoms with E-state index in [4.69, 9.17) is 4.74 Å². The maximum Gasteiger partial charge on any atom is 0.240 e. The highest BCUT2D eigenvalue weighted by atomic mass is 32.2. The second kappa shape index (κ2) is 6.85. The van der Waals surface area contributed by atoms with Crippen molar-refractivity contribution in [3.05, 3.63) is 47.5 Å². The van der Waals surface area contributed by atoms with E-state index in [9.17, 15) is 8.42 Å². The Hall–Kier alpha value is -1.99. The van der Waals surface area contributed by atoms with E-state index in [2.05, 4.69) is 14.7 Å². The third-order valence-corrected chi connectivity index (χ3v) is 4.65. The quantitative estimate of drug-likeness (QED) is 0.874. The van der Waals surface area contributed by atoms with Gasteiger partial charge >= 0.3 is 0 Å². The second-order valence-electron chi connectivity index (χ2n) is 4.90. The zero-order valence-electron chi connectivity index (χ0n) is 12.8. The number of hydrogen-bond donors (Lipinski definition) is 1. The van der Waals surface area contributed by atoms with Gasteiger partial charge < -0.3 is 4.74 Å². The minimum atomic E-state index is -3.56. The fourth-order valence-electron chi connectivity index (χ4n) is 2.23. The van der Waals surface area contributed by atoms with Gasteiger partial charge in [-0.2, -0.15) is 0 Å². The molecule has 1 aromatic carbocycles. The summed E-state index contributed by atoms with van der Waals surface area (Å²) >= 11 is 0. The van der Waals surface area contributed by atoms with E-state index in [0.29, 0.717) is 18.0 Å². The Morgan fingerprint density at radius 1 is 1.14 bits per heavy atom. The van der Waals surface area contributed by atoms with Crippen LogP contribution in [-0.4, -0.2) is 32.0 Å². The van der Waals surface area contributed by atoms with Crippen LogP contribution in [0.5, 0.6) is 5.75 Å². The molecule has 0 spiro atoms. The van der Waals surface area contributed by atoms with Gasteiger partial charge in [0, 0.05) is 25.4 Å². The zero-order chi connectivity index (χ0) is 16.2. The summed E-state index contributed by atoms with van der Waals surface area (Å²) in [5.74, 6) is 1.31. The summed E-state index contributed by atoms with van der Waals surface area (Å²) in [6, 6.07) is 4.93. The molecule has 2 rings (SSSR count). The van der Waals surface area contributed by atoms with Crippen LogP contribution in [0.2, 0.25) is 0 Å². The SMILES string of the molecule is COc1c(C)cc(S(=O)(=O)NCCc2ncccn2)cc1C. The lowest BCUT2D eigenvalue weighted by molar-refractivity contribution is 0.408. The van der Waals surface area contributed by atoms with Crippen molar-refractivity contribution in [1.29, 1.82) is 0 Å². The molecule has 0 unspecified atom stereocenters. The lowest BCUT2D eigenvalue weighted by Gasteiger charge is -2.12. The van der Waals surface area contributed by atoms with Crippen molar-refractivity contribution in [3.8, 4) is 5.75 Å². The van der Waals surface area contributed by atoms with E-state index in [-0.39, 0.29) is 11.4 Å². The summed E-state index contributed by atoms with van der Waals surface area (Å²) < 4.78 is 32.5. The lowest BCUT2D eigenvalue weighted by Crippen LogP contribution is -2.26. The summed E-state index contributed by atoms with van der Waals surface area (Å²) in [5.41, 5.74) is 1.57. The molecule has 118 valence electrons. The van der Waals surface area contributed by atoms with Gasteiger partial charge in [-0.3, -0.25) is 0 Å². The Bertz CT molecular complexity index is 723. The molecule has 0 saturated carbocycles. The Morgan fingerprint density at radius 3 is 2.27 bits per heavy atom. The van der Waals surface area contributed by atoms with Gasteiger partial charge in [0.25, 0.3) is 0 Å². The first-order valence-electron chi connectivity index (χ1n) is 6.85. The highest BCUT2D eigenvalue weighted by Crippen LogP contribution is 2.26. The van der Waals surface area contributed by atoms with Gasteiger partial charge in [0.2, 0.25) is 10.0 Å². The number of hydrogen-bond acceptors (Lipinski definition) is 5. The minimum absolute atomic E-state index is 0.234. The van der Waals surface area contributed by atoms with Crippen molar-refractivity contribution >= 4 is 10.0 Å². The average molecular weight is 321 g/mol. The van der Waals surface area contributed by atoms with Crippen LogP contribution in [-0.2, 0) is 16.4 Å². The predicted molar refractivity (Wildman–Crippen MR) is 83.4 cm³/mol. The fraction of sp³-hybridized carbons (Fsp3) is 0.333. The Kier molecular flexibility index (Phi) is 5.10. The van der Waals surface area contributed by atoms with E-state index in [0.717, 1.165) is 11.1 Å². The maximum atomic E-state index is 12.3. The van der Waals surface area contributed by atoms with Crippen molar-refractivity contribution in [1.82, 2.24) is 14.7 Å². The zero-order valence-corrected chi connectivity index (χ0v) is 13.6. The van der Waals surface area contributed by atoms with Crippen molar-refractivity contribution in [2.75, 3.05) is 13.7 Å². The number of aromatic nitrogens is 2. The maximum absolute atomic E-state index is 12.3. The number of ether oxygens (including phenoxy) is 1. The molecule has 0 aliphatic heterocycles. The highest BCUT2D eigenvalue weighted by molar-refractivity contribution is 7.89. The van der Waals surface area contributed by atoms with Crippen LogP contribution in [0.15, 0.2) is 35.5 Å². The normalized spacial score (nSPS) is 11.4. The summed E-state index contributed by atoms with van der Waals surface area (Å²) in [6.07, 6.45) is 3.70. The van der Waals surface area contributed by atoms with Crippen LogP contribution < -0.4 is 9.46 Å². The third-order valence-electron chi connectivity index (χ3n) is 3.21. The molecule has 0 saturated heterocycles. The number of aryl methyl sites for hydroxylation is 2. The molecule has 1 N–H and O–H groups in total. The van der Waals surface area contributed by atoms with Crippen molar-refractivity contribution in [2.24, 2.45) is 0 Å². The summed E-state index contributed by atoms with van der Waals surface area (Å²) in [7, 11) is -1.99. The first kappa shape index (κ1) is 16.4. The molecule has 1 aromatic heterocycles. The molecule has 7 heteroatoms. The van der Waals surface area contributed by atoms with Crippen LogP contribution in [0, 0.1) is 13.8 Å². The smallest absolute Gasteiger partial charge is 0.240 e. The lowest BCUT2D eigenvalue weighted by atomic mass is 10.1. The first-order valence-corrected chi connectivity index (χ1v) is 8.33. The number of benzene rings is 1. The molecule has 0 fully saturated rings. The van der Waals surface area contributed by atoms with Crippen molar-refractivity contribution < 1.29 is 13.2 Å². The topological polar surface area (TPSA) is 81.2 Å².